The first-order chi connectivity index (χ1) is 8.41. The standard InChI is InChI=1S/C16H29Cl/c1-2-3-4-5-6-7-8-9-10-11-12-13-14-15-16-17/h10-13H,2-9,14-16H2,1H3/b11-10-,13-12+. The second kappa shape index (κ2) is 15.8. The van der Waals surface area contributed by atoms with Crippen molar-refractivity contribution in [2.24, 2.45) is 0 Å². The van der Waals surface area contributed by atoms with Gasteiger partial charge in [-0.2, -0.15) is 0 Å². The topological polar surface area (TPSA) is 0 Å². The number of halogens is 1. The Morgan fingerprint density at radius 2 is 1.24 bits per heavy atom. The van der Waals surface area contributed by atoms with Gasteiger partial charge in [0.15, 0.2) is 0 Å². The Hall–Kier alpha value is -0.230. The molecular formula is C16H29Cl. The normalized spacial score (nSPS) is 11.9. The maximum Gasteiger partial charge on any atom is 0.0226 e. The van der Waals surface area contributed by atoms with Crippen molar-refractivity contribution in [3.8, 4) is 0 Å². The van der Waals surface area contributed by atoms with Crippen LogP contribution < -0.4 is 0 Å². The van der Waals surface area contributed by atoms with Crippen molar-refractivity contribution in [2.45, 2.75) is 71.1 Å². The van der Waals surface area contributed by atoms with E-state index < -0.39 is 0 Å². The van der Waals surface area contributed by atoms with Crippen molar-refractivity contribution in [3.63, 3.8) is 0 Å². The Morgan fingerprint density at radius 1 is 0.706 bits per heavy atom. The minimum absolute atomic E-state index is 0.770. The van der Waals surface area contributed by atoms with Crippen molar-refractivity contribution in [2.75, 3.05) is 5.88 Å². The van der Waals surface area contributed by atoms with Crippen LogP contribution in [0.25, 0.3) is 0 Å². The molecular weight excluding hydrogens is 228 g/mol. The van der Waals surface area contributed by atoms with Gasteiger partial charge in [0.05, 0.1) is 0 Å². The third-order valence-corrected chi connectivity index (χ3v) is 3.13. The lowest BCUT2D eigenvalue weighted by Gasteiger charge is -1.98. The van der Waals surface area contributed by atoms with Gasteiger partial charge in [-0.1, -0.05) is 69.8 Å². The Kier molecular flexibility index (Phi) is 15.6. The number of hydrogen-bond acceptors (Lipinski definition) is 0. The first kappa shape index (κ1) is 16.8. The van der Waals surface area contributed by atoms with Crippen LogP contribution in [0.4, 0.5) is 0 Å². The van der Waals surface area contributed by atoms with Gasteiger partial charge in [-0.15, -0.1) is 11.6 Å². The van der Waals surface area contributed by atoms with Crippen LogP contribution in [0.3, 0.4) is 0 Å². The predicted octanol–water partition coefficient (Wildman–Crippen LogP) is 6.26. The number of rotatable bonds is 12. The Labute approximate surface area is 113 Å². The van der Waals surface area contributed by atoms with Crippen molar-refractivity contribution < 1.29 is 0 Å². The minimum atomic E-state index is 0.770. The molecule has 0 aromatic heterocycles. The summed E-state index contributed by atoms with van der Waals surface area (Å²) in [6.45, 7) is 2.27. The van der Waals surface area contributed by atoms with E-state index in [0.29, 0.717) is 0 Å². The summed E-state index contributed by atoms with van der Waals surface area (Å²) in [4.78, 5) is 0. The monoisotopic (exact) mass is 256 g/mol. The average molecular weight is 257 g/mol. The van der Waals surface area contributed by atoms with Gasteiger partial charge in [0, 0.05) is 5.88 Å². The van der Waals surface area contributed by atoms with Crippen LogP contribution in [-0.4, -0.2) is 5.88 Å². The first-order valence-electron chi connectivity index (χ1n) is 7.29. The van der Waals surface area contributed by atoms with E-state index in [4.69, 9.17) is 11.6 Å². The van der Waals surface area contributed by atoms with E-state index in [1.165, 1.54) is 51.4 Å². The van der Waals surface area contributed by atoms with Crippen LogP contribution in [0.15, 0.2) is 24.3 Å². The van der Waals surface area contributed by atoms with Crippen molar-refractivity contribution >= 4 is 11.6 Å². The summed E-state index contributed by atoms with van der Waals surface area (Å²) in [7, 11) is 0. The van der Waals surface area contributed by atoms with E-state index in [0.717, 1.165) is 18.7 Å². The maximum atomic E-state index is 5.59. The van der Waals surface area contributed by atoms with Crippen LogP contribution >= 0.6 is 11.6 Å². The molecule has 0 aromatic carbocycles. The molecule has 1 heteroatoms. The molecule has 0 amide bonds. The molecule has 0 spiro atoms. The fourth-order valence-corrected chi connectivity index (χ4v) is 1.92. The Bertz CT molecular complexity index is 182. The molecule has 0 saturated carbocycles. The summed E-state index contributed by atoms with van der Waals surface area (Å²) in [6.07, 6.45) is 22.0. The second-order valence-corrected chi connectivity index (χ2v) is 4.98. The number of allylic oxidation sites excluding steroid dienone is 4. The van der Waals surface area contributed by atoms with Crippen LogP contribution in [-0.2, 0) is 0 Å². The highest BCUT2D eigenvalue weighted by atomic mass is 35.5. The van der Waals surface area contributed by atoms with E-state index in [1.54, 1.807) is 0 Å². The van der Waals surface area contributed by atoms with E-state index >= 15 is 0 Å². The number of hydrogen-bond donors (Lipinski definition) is 0. The molecule has 100 valence electrons. The fourth-order valence-electron chi connectivity index (χ4n) is 1.76. The zero-order valence-electron chi connectivity index (χ0n) is 11.5. The highest BCUT2D eigenvalue weighted by molar-refractivity contribution is 6.17. The van der Waals surface area contributed by atoms with Gasteiger partial charge in [-0.25, -0.2) is 0 Å². The Balaban J connectivity index is 3.11. The van der Waals surface area contributed by atoms with Gasteiger partial charge in [0.25, 0.3) is 0 Å². The molecule has 0 unspecified atom stereocenters. The van der Waals surface area contributed by atoms with Gasteiger partial charge in [0.1, 0.15) is 0 Å². The first-order valence-corrected chi connectivity index (χ1v) is 7.83. The van der Waals surface area contributed by atoms with Crippen molar-refractivity contribution in [3.05, 3.63) is 24.3 Å². The lowest BCUT2D eigenvalue weighted by atomic mass is 10.1. The van der Waals surface area contributed by atoms with E-state index in [-0.39, 0.29) is 0 Å². The molecule has 0 aliphatic heterocycles. The molecule has 0 aromatic rings. The largest absolute Gasteiger partial charge is 0.127 e. The number of alkyl halides is 1. The predicted molar refractivity (Wildman–Crippen MR) is 80.8 cm³/mol. The second-order valence-electron chi connectivity index (χ2n) is 4.60. The summed E-state index contributed by atoms with van der Waals surface area (Å²) < 4.78 is 0. The summed E-state index contributed by atoms with van der Waals surface area (Å²) >= 11 is 5.59. The molecule has 0 atom stereocenters. The molecule has 0 aliphatic rings. The zero-order chi connectivity index (χ0) is 12.6. The molecule has 17 heavy (non-hydrogen) atoms. The van der Waals surface area contributed by atoms with Gasteiger partial charge in [-0.05, 0) is 25.7 Å². The summed E-state index contributed by atoms with van der Waals surface area (Å²) in [5.74, 6) is 0.770. The molecule has 0 radical (unpaired) electrons. The maximum absolute atomic E-state index is 5.59. The van der Waals surface area contributed by atoms with Crippen molar-refractivity contribution in [1.82, 2.24) is 0 Å². The molecule has 0 fully saturated rings. The average Bonchev–Trinajstić information content (AvgIpc) is 2.35. The van der Waals surface area contributed by atoms with E-state index in [1.807, 2.05) is 0 Å². The minimum Gasteiger partial charge on any atom is -0.127 e. The third kappa shape index (κ3) is 15.8. The molecule has 0 bridgehead atoms. The molecule has 0 saturated heterocycles. The highest BCUT2D eigenvalue weighted by Crippen LogP contribution is 2.08. The number of unbranched alkanes of at least 4 members (excludes halogenated alkanes) is 8. The molecule has 0 N–H and O–H groups in total. The lowest BCUT2D eigenvalue weighted by molar-refractivity contribution is 0.592. The lowest BCUT2D eigenvalue weighted by Crippen LogP contribution is -1.78. The van der Waals surface area contributed by atoms with E-state index in [9.17, 15) is 0 Å². The SMILES string of the molecule is CCCCCCCCC/C=C\C=C\CCCCl. The molecule has 0 rings (SSSR count). The van der Waals surface area contributed by atoms with Gasteiger partial charge in [0.2, 0.25) is 0 Å². The van der Waals surface area contributed by atoms with Crippen LogP contribution in [0, 0.1) is 0 Å². The highest BCUT2D eigenvalue weighted by Gasteiger charge is 1.88. The van der Waals surface area contributed by atoms with Gasteiger partial charge >= 0.3 is 0 Å². The Morgan fingerprint density at radius 3 is 1.82 bits per heavy atom. The van der Waals surface area contributed by atoms with Crippen molar-refractivity contribution in [1.29, 1.82) is 0 Å². The van der Waals surface area contributed by atoms with Gasteiger partial charge in [-0.3, -0.25) is 0 Å². The van der Waals surface area contributed by atoms with E-state index in [2.05, 4.69) is 31.2 Å². The van der Waals surface area contributed by atoms with Gasteiger partial charge < -0.3 is 0 Å². The molecule has 0 nitrogen and oxygen atoms in total. The smallest absolute Gasteiger partial charge is 0.0226 e. The van der Waals surface area contributed by atoms with Crippen LogP contribution in [0.2, 0.25) is 0 Å². The summed E-state index contributed by atoms with van der Waals surface area (Å²) in [5.41, 5.74) is 0. The third-order valence-electron chi connectivity index (χ3n) is 2.86. The zero-order valence-corrected chi connectivity index (χ0v) is 12.2. The van der Waals surface area contributed by atoms with Crippen LogP contribution in [0.1, 0.15) is 71.1 Å². The summed E-state index contributed by atoms with van der Waals surface area (Å²) in [6, 6.07) is 0. The summed E-state index contributed by atoms with van der Waals surface area (Å²) in [5, 5.41) is 0. The molecule has 0 heterocycles. The van der Waals surface area contributed by atoms with Crippen LogP contribution in [0.5, 0.6) is 0 Å². The molecule has 0 aliphatic carbocycles. The fraction of sp³-hybridized carbons (Fsp3) is 0.750. The quantitative estimate of drug-likeness (QED) is 0.220.